The molecule has 5 heteroatoms. The van der Waals surface area contributed by atoms with Gasteiger partial charge in [0, 0.05) is 25.4 Å². The molecule has 2 nitrogen and oxygen atoms in total. The molecule has 0 N–H and O–H groups in total. The van der Waals surface area contributed by atoms with Gasteiger partial charge in [-0.3, -0.25) is 9.49 Å². The summed E-state index contributed by atoms with van der Waals surface area (Å²) in [5, 5.41) is 5.10. The minimum Gasteiger partial charge on any atom is -0.258 e. The largest absolute Gasteiger partial charge is 2.00 e. The Morgan fingerprint density at radius 2 is 0.490 bits per heavy atom. The zero-order valence-corrected chi connectivity index (χ0v) is 31.0. The summed E-state index contributed by atoms with van der Waals surface area (Å²) >= 11 is 0. The van der Waals surface area contributed by atoms with Crippen LogP contribution in [0.1, 0.15) is 0 Å². The summed E-state index contributed by atoms with van der Waals surface area (Å²) in [6, 6.07) is 63.4. The fourth-order valence-electron chi connectivity index (χ4n) is 6.31. The first kappa shape index (κ1) is 37.1. The van der Waals surface area contributed by atoms with E-state index in [-0.39, 0.29) is 17.1 Å². The van der Waals surface area contributed by atoms with Crippen molar-refractivity contribution in [3.8, 4) is 0 Å². The van der Waals surface area contributed by atoms with Crippen LogP contribution < -0.4 is 21.2 Å². The number of benzene rings is 6. The summed E-state index contributed by atoms with van der Waals surface area (Å²) in [5.41, 5.74) is 4.61. The quantitative estimate of drug-likeness (QED) is 0.110. The fourth-order valence-corrected chi connectivity index (χ4v) is 13.4. The number of nitrogens with zero attached hydrogens (tertiary/aromatic N) is 2. The summed E-state index contributed by atoms with van der Waals surface area (Å²) in [6.45, 7) is 0. The van der Waals surface area contributed by atoms with Gasteiger partial charge in [0.1, 0.15) is 0 Å². The van der Waals surface area contributed by atoms with Crippen molar-refractivity contribution in [3.63, 3.8) is 0 Å². The Morgan fingerprint density at radius 1 is 0.275 bits per heavy atom. The molecule has 2 saturated carbocycles. The summed E-state index contributed by atoms with van der Waals surface area (Å²) in [6.07, 6.45) is 17.3. The maximum atomic E-state index is 5.38. The van der Waals surface area contributed by atoms with Gasteiger partial charge in [0.2, 0.25) is 0 Å². The first-order valence-electron chi connectivity index (χ1n) is 16.8. The van der Waals surface area contributed by atoms with Crippen LogP contribution >= 0.6 is 14.1 Å². The van der Waals surface area contributed by atoms with Crippen molar-refractivity contribution >= 4 is 46.7 Å². The van der Waals surface area contributed by atoms with Gasteiger partial charge in [-0.25, -0.2) is 0 Å². The van der Waals surface area contributed by atoms with Crippen LogP contribution in [0.2, 0.25) is 0 Å². The first-order valence-corrected chi connectivity index (χ1v) is 20.3. The van der Waals surface area contributed by atoms with Crippen molar-refractivity contribution in [2.24, 2.45) is 9.49 Å². The third-order valence-corrected chi connectivity index (χ3v) is 15.9. The predicted octanol–water partition coefficient (Wildman–Crippen LogP) is 11.1. The smallest absolute Gasteiger partial charge is 0.258 e. The molecule has 2 aliphatic carbocycles. The average molecular weight is 737 g/mol. The summed E-state index contributed by atoms with van der Waals surface area (Å²) in [4.78, 5) is 0. The molecule has 2 fully saturated rings. The third-order valence-electron chi connectivity index (χ3n) is 8.60. The predicted molar refractivity (Wildman–Crippen MR) is 216 cm³/mol. The monoisotopic (exact) mass is 736 g/mol. The van der Waals surface area contributed by atoms with E-state index in [0.29, 0.717) is 0 Å². The Hall–Kier alpha value is -3.70. The maximum Gasteiger partial charge on any atom is 2.00 e. The van der Waals surface area contributed by atoms with Crippen LogP contribution in [-0.4, -0.2) is 0 Å². The van der Waals surface area contributed by atoms with Crippen LogP contribution in [0, 0.1) is 62.7 Å². The Kier molecular flexibility index (Phi) is 13.2. The van der Waals surface area contributed by atoms with Crippen LogP contribution in [-0.2, 0) is 17.1 Å². The van der Waals surface area contributed by atoms with Crippen molar-refractivity contribution in [3.05, 3.63) is 245 Å². The van der Waals surface area contributed by atoms with E-state index in [9.17, 15) is 0 Å². The molecule has 6 aromatic carbocycles. The number of hydrogen-bond acceptors (Lipinski definition) is 2. The Bertz CT molecular complexity index is 1770. The molecule has 0 saturated heterocycles. The van der Waals surface area contributed by atoms with E-state index in [1.165, 1.54) is 32.5 Å². The standard InChI is InChI=1S/2C23H19NP.Fe/c2*1-4-12-20(13-5-1)24-25(23-18-10-11-19-23,21-14-6-2-7-15-21)22-16-8-3-9-17-22;/h2*1-19H;/q;;+2. The minimum absolute atomic E-state index is 0. The van der Waals surface area contributed by atoms with Gasteiger partial charge in [-0.05, 0) is 96.9 Å². The van der Waals surface area contributed by atoms with Gasteiger partial charge in [0.25, 0.3) is 0 Å². The normalized spacial score (nSPS) is 14.9. The molecule has 0 bridgehead atoms. The molecule has 0 spiro atoms. The van der Waals surface area contributed by atoms with Gasteiger partial charge in [0.15, 0.2) is 0 Å². The van der Waals surface area contributed by atoms with E-state index in [4.69, 9.17) is 9.49 Å². The van der Waals surface area contributed by atoms with Gasteiger partial charge in [-0.15, -0.1) is 0 Å². The summed E-state index contributed by atoms with van der Waals surface area (Å²) < 4.78 is 10.8. The van der Waals surface area contributed by atoms with E-state index in [1.807, 2.05) is 12.1 Å². The van der Waals surface area contributed by atoms with E-state index in [0.717, 1.165) is 11.4 Å². The van der Waals surface area contributed by atoms with Crippen molar-refractivity contribution < 1.29 is 17.1 Å². The van der Waals surface area contributed by atoms with Crippen LogP contribution in [0.5, 0.6) is 0 Å². The maximum absolute atomic E-state index is 5.38. The minimum atomic E-state index is -2.10. The van der Waals surface area contributed by atoms with Crippen molar-refractivity contribution in [2.75, 3.05) is 0 Å². The molecule has 51 heavy (non-hydrogen) atoms. The molecule has 10 radical (unpaired) electrons. The van der Waals surface area contributed by atoms with Gasteiger partial charge in [-0.2, -0.15) is 0 Å². The summed E-state index contributed by atoms with van der Waals surface area (Å²) in [7, 11) is -4.20. The van der Waals surface area contributed by atoms with Gasteiger partial charge >= 0.3 is 17.1 Å². The second-order valence-corrected chi connectivity index (χ2v) is 17.8. The van der Waals surface area contributed by atoms with Crippen molar-refractivity contribution in [1.82, 2.24) is 0 Å². The van der Waals surface area contributed by atoms with Gasteiger partial charge in [0.05, 0.1) is 11.4 Å². The first-order chi connectivity index (χ1) is 24.8. The molecule has 6 aromatic rings. The topological polar surface area (TPSA) is 24.7 Å². The average Bonchev–Trinajstić information content (AvgIpc) is 3.95. The van der Waals surface area contributed by atoms with Crippen LogP contribution in [0.15, 0.2) is 191 Å². The Balaban J connectivity index is 0.000000172. The van der Waals surface area contributed by atoms with E-state index >= 15 is 0 Å². The van der Waals surface area contributed by atoms with Gasteiger partial charge < -0.3 is 0 Å². The van der Waals surface area contributed by atoms with E-state index < -0.39 is 14.1 Å². The zero-order valence-electron chi connectivity index (χ0n) is 28.1. The molecular weight excluding hydrogens is 698 g/mol. The van der Waals surface area contributed by atoms with E-state index in [2.05, 4.69) is 221 Å². The number of hydrogen-bond donors (Lipinski definition) is 0. The molecule has 0 unspecified atom stereocenters. The molecule has 0 amide bonds. The second kappa shape index (κ2) is 18.2. The van der Waals surface area contributed by atoms with Crippen molar-refractivity contribution in [2.45, 2.75) is 0 Å². The Morgan fingerprint density at radius 3 is 0.725 bits per heavy atom. The summed E-state index contributed by atoms with van der Waals surface area (Å²) in [5.74, 6) is 0. The Labute approximate surface area is 316 Å². The van der Waals surface area contributed by atoms with Crippen LogP contribution in [0.25, 0.3) is 0 Å². The number of rotatable bonds is 8. The molecule has 2 aliphatic rings. The van der Waals surface area contributed by atoms with E-state index in [1.54, 1.807) is 0 Å². The SMILES string of the molecule is [CH]1[CH][CH][C](P(=Nc2ccccc2)(c2ccccc2)c2ccccc2)[CH]1.[CH]1[CH][CH][C](P(=Nc2ccccc2)(c2ccccc2)c2ccccc2)[CH]1.[Fe+2]. The zero-order chi connectivity index (χ0) is 33.9. The van der Waals surface area contributed by atoms with Crippen LogP contribution in [0.3, 0.4) is 0 Å². The molecular formula is C46H38FeN2P2+2. The second-order valence-electron chi connectivity index (χ2n) is 11.8. The molecule has 0 aliphatic heterocycles. The molecule has 0 heterocycles. The molecule has 8 rings (SSSR count). The molecule has 0 aromatic heterocycles. The van der Waals surface area contributed by atoms with Gasteiger partial charge in [-0.1, -0.05) is 158 Å². The van der Waals surface area contributed by atoms with Crippen LogP contribution in [0.4, 0.5) is 11.4 Å². The fraction of sp³-hybridized carbons (Fsp3) is 0. The van der Waals surface area contributed by atoms with Crippen molar-refractivity contribution in [1.29, 1.82) is 0 Å². The molecule has 248 valence electrons. The third kappa shape index (κ3) is 8.35. The molecule has 0 atom stereocenters.